The Morgan fingerprint density at radius 2 is 2.00 bits per heavy atom. The van der Waals surface area contributed by atoms with E-state index in [2.05, 4.69) is 38.0 Å². The second kappa shape index (κ2) is 12.2. The molecular weight excluding hydrogens is 583 g/mol. The molecule has 1 N–H and O–H groups in total. The van der Waals surface area contributed by atoms with E-state index in [1.807, 2.05) is 24.3 Å². The zero-order valence-electron chi connectivity index (χ0n) is 24.2. The van der Waals surface area contributed by atoms with Crippen LogP contribution < -0.4 is 10.1 Å². The van der Waals surface area contributed by atoms with Crippen molar-refractivity contribution in [2.24, 2.45) is 5.92 Å². The molecular formula is C33H34ClFN6OS. The van der Waals surface area contributed by atoms with Gasteiger partial charge in [-0.15, -0.1) is 11.3 Å². The molecule has 1 fully saturated rings. The van der Waals surface area contributed by atoms with E-state index in [9.17, 15) is 4.39 Å². The highest BCUT2D eigenvalue weighted by molar-refractivity contribution is 7.22. The Morgan fingerprint density at radius 3 is 2.81 bits per heavy atom. The lowest BCUT2D eigenvalue weighted by Crippen LogP contribution is -2.33. The van der Waals surface area contributed by atoms with E-state index in [0.29, 0.717) is 10.8 Å². The molecule has 0 saturated carbocycles. The van der Waals surface area contributed by atoms with Gasteiger partial charge in [-0.05, 0) is 99.1 Å². The maximum Gasteiger partial charge on any atom is 0.142 e. The molecule has 0 atom stereocenters. The summed E-state index contributed by atoms with van der Waals surface area (Å²) in [6.45, 7) is 7.06. The van der Waals surface area contributed by atoms with E-state index < -0.39 is 0 Å². The van der Waals surface area contributed by atoms with Crippen molar-refractivity contribution in [3.05, 3.63) is 82.6 Å². The molecule has 4 heterocycles. The van der Waals surface area contributed by atoms with Crippen molar-refractivity contribution in [2.75, 3.05) is 25.0 Å². The number of benzene rings is 2. The van der Waals surface area contributed by atoms with Crippen LogP contribution in [0.2, 0.25) is 5.02 Å². The fourth-order valence-electron chi connectivity index (χ4n) is 6.26. The zero-order chi connectivity index (χ0) is 29.3. The predicted molar refractivity (Wildman–Crippen MR) is 171 cm³/mol. The molecule has 3 aromatic heterocycles. The number of aryl methyl sites for hydroxylation is 3. The molecule has 1 aliphatic carbocycles. The lowest BCUT2D eigenvalue weighted by atomic mass is 9.93. The van der Waals surface area contributed by atoms with Crippen molar-refractivity contribution in [1.29, 1.82) is 0 Å². The minimum atomic E-state index is -0.290. The van der Waals surface area contributed by atoms with Gasteiger partial charge in [0.05, 0.1) is 16.1 Å². The van der Waals surface area contributed by atoms with E-state index in [4.69, 9.17) is 21.4 Å². The maximum atomic E-state index is 13.5. The number of ether oxygens (including phenoxy) is 1. The van der Waals surface area contributed by atoms with Crippen LogP contribution in [-0.2, 0) is 26.0 Å². The second-order valence-electron chi connectivity index (χ2n) is 11.4. The minimum absolute atomic E-state index is 0.231. The fraction of sp³-hybridized carbons (Fsp3) is 0.364. The lowest BCUT2D eigenvalue weighted by molar-refractivity contribution is 0.182. The van der Waals surface area contributed by atoms with Gasteiger partial charge in [0.1, 0.15) is 35.1 Å². The van der Waals surface area contributed by atoms with Crippen LogP contribution in [0.15, 0.2) is 55.0 Å². The molecule has 2 aliphatic rings. The molecule has 7 nitrogen and oxygen atoms in total. The number of rotatable bonds is 9. The quantitative estimate of drug-likeness (QED) is 0.182. The summed E-state index contributed by atoms with van der Waals surface area (Å²) in [4.78, 5) is 14.0. The number of piperidine rings is 1. The number of hydrogen-bond acceptors (Lipinski definition) is 7. The van der Waals surface area contributed by atoms with Crippen molar-refractivity contribution < 1.29 is 9.13 Å². The molecule has 5 aromatic rings. The van der Waals surface area contributed by atoms with Gasteiger partial charge in [-0.2, -0.15) is 5.10 Å². The van der Waals surface area contributed by atoms with Crippen LogP contribution in [0.1, 0.15) is 43.0 Å². The van der Waals surface area contributed by atoms with Gasteiger partial charge < -0.3 is 15.0 Å². The maximum absolute atomic E-state index is 13.5. The number of halogens is 2. The summed E-state index contributed by atoms with van der Waals surface area (Å²) in [6.07, 6.45) is 9.44. The average molecular weight is 617 g/mol. The Balaban J connectivity index is 1.07. The van der Waals surface area contributed by atoms with E-state index in [1.165, 1.54) is 66.2 Å². The van der Waals surface area contributed by atoms with Crippen LogP contribution in [-0.4, -0.2) is 44.3 Å². The summed E-state index contributed by atoms with van der Waals surface area (Å²) in [7, 11) is 0. The van der Waals surface area contributed by atoms with Gasteiger partial charge in [0, 0.05) is 28.9 Å². The number of anilines is 2. The van der Waals surface area contributed by atoms with Crippen LogP contribution in [0.25, 0.3) is 20.7 Å². The third-order valence-electron chi connectivity index (χ3n) is 8.68. The molecule has 222 valence electrons. The van der Waals surface area contributed by atoms with Crippen LogP contribution >= 0.6 is 22.9 Å². The van der Waals surface area contributed by atoms with E-state index in [1.54, 1.807) is 23.7 Å². The van der Waals surface area contributed by atoms with Crippen LogP contribution in [0.4, 0.5) is 15.9 Å². The molecule has 0 unspecified atom stereocenters. The smallest absolute Gasteiger partial charge is 0.142 e. The summed E-state index contributed by atoms with van der Waals surface area (Å²) >= 11 is 8.29. The van der Waals surface area contributed by atoms with Crippen molar-refractivity contribution in [3.8, 4) is 16.2 Å². The highest BCUT2D eigenvalue weighted by Crippen LogP contribution is 2.45. The third kappa shape index (κ3) is 5.98. The van der Waals surface area contributed by atoms with Gasteiger partial charge in [-0.1, -0.05) is 30.7 Å². The summed E-state index contributed by atoms with van der Waals surface area (Å²) < 4.78 is 21.5. The molecule has 7 rings (SSSR count). The summed E-state index contributed by atoms with van der Waals surface area (Å²) in [5.41, 5.74) is 5.24. The van der Waals surface area contributed by atoms with Crippen LogP contribution in [0.3, 0.4) is 0 Å². The SMILES string of the molecule is CCN1CCC(CCn2cc3c(n2)CCc2c-3sc3ncnc(Nc4ccc(OCc5cccc(F)c5)c(Cl)c4)c23)CC1. The van der Waals surface area contributed by atoms with E-state index >= 15 is 0 Å². The molecule has 43 heavy (non-hydrogen) atoms. The molecule has 0 amide bonds. The largest absolute Gasteiger partial charge is 0.487 e. The Morgan fingerprint density at radius 1 is 1.12 bits per heavy atom. The zero-order valence-corrected chi connectivity index (χ0v) is 25.7. The van der Waals surface area contributed by atoms with Gasteiger partial charge in [0.25, 0.3) is 0 Å². The predicted octanol–water partition coefficient (Wildman–Crippen LogP) is 7.89. The Hall–Kier alpha value is -3.53. The molecule has 1 aliphatic heterocycles. The highest BCUT2D eigenvalue weighted by Gasteiger charge is 2.27. The fourth-order valence-corrected chi connectivity index (χ4v) is 7.72. The van der Waals surface area contributed by atoms with Gasteiger partial charge in [0.15, 0.2) is 0 Å². The average Bonchev–Trinajstić information content (AvgIpc) is 3.62. The van der Waals surface area contributed by atoms with Gasteiger partial charge >= 0.3 is 0 Å². The third-order valence-corrected chi connectivity index (χ3v) is 10.1. The van der Waals surface area contributed by atoms with Crippen molar-refractivity contribution in [2.45, 2.75) is 52.2 Å². The molecule has 0 radical (unpaired) electrons. The molecule has 0 spiro atoms. The van der Waals surface area contributed by atoms with Crippen molar-refractivity contribution >= 4 is 44.7 Å². The van der Waals surface area contributed by atoms with Crippen LogP contribution in [0.5, 0.6) is 5.75 Å². The Bertz CT molecular complexity index is 1760. The first kappa shape index (κ1) is 28.3. The number of hydrogen-bond donors (Lipinski definition) is 1. The minimum Gasteiger partial charge on any atom is -0.487 e. The van der Waals surface area contributed by atoms with Gasteiger partial charge in [-0.3, -0.25) is 4.68 Å². The van der Waals surface area contributed by atoms with Crippen LogP contribution in [0, 0.1) is 11.7 Å². The first-order valence-corrected chi connectivity index (χ1v) is 16.2. The normalized spacial score (nSPS) is 15.4. The number of likely N-dealkylation sites (tertiary alicyclic amines) is 1. The molecule has 10 heteroatoms. The molecule has 2 aromatic carbocycles. The molecule has 1 saturated heterocycles. The first-order valence-electron chi connectivity index (χ1n) is 15.0. The lowest BCUT2D eigenvalue weighted by Gasteiger charge is -2.30. The number of aromatic nitrogens is 4. The number of nitrogens with one attached hydrogen (secondary N) is 1. The highest BCUT2D eigenvalue weighted by atomic mass is 35.5. The Labute approximate surface area is 259 Å². The summed E-state index contributed by atoms with van der Waals surface area (Å²) in [6, 6.07) is 11.9. The first-order chi connectivity index (χ1) is 21.0. The standard InChI is InChI=1S/C33H34ClFN6OS/c1-2-40-13-10-21(11-14-40)12-15-41-18-26-28(39-41)8-7-25-30-32(36-20-37-33(30)43-31(25)26)38-24-6-9-29(27(34)17-24)42-19-22-4-3-5-23(35)16-22/h3-6,9,16-18,20-21H,2,7-8,10-15,19H2,1H3,(H,36,37,38). The topological polar surface area (TPSA) is 68.1 Å². The number of fused-ring (bicyclic) bond motifs is 5. The Kier molecular flexibility index (Phi) is 8.03. The van der Waals surface area contributed by atoms with Crippen molar-refractivity contribution in [1.82, 2.24) is 24.6 Å². The van der Waals surface area contributed by atoms with Gasteiger partial charge in [0.2, 0.25) is 0 Å². The monoisotopic (exact) mass is 616 g/mol. The summed E-state index contributed by atoms with van der Waals surface area (Å²) in [5.74, 6) is 1.80. The number of nitrogens with zero attached hydrogens (tertiary/aromatic N) is 5. The van der Waals surface area contributed by atoms with E-state index in [-0.39, 0.29) is 12.4 Å². The van der Waals surface area contributed by atoms with E-state index in [0.717, 1.165) is 59.1 Å². The number of thiophene rings is 1. The van der Waals surface area contributed by atoms with Gasteiger partial charge in [-0.25, -0.2) is 14.4 Å². The molecule has 0 bridgehead atoms. The second-order valence-corrected chi connectivity index (χ2v) is 12.8. The van der Waals surface area contributed by atoms with Crippen molar-refractivity contribution in [3.63, 3.8) is 0 Å². The summed E-state index contributed by atoms with van der Waals surface area (Å²) in [5, 5.41) is 9.99.